The van der Waals surface area contributed by atoms with Gasteiger partial charge < -0.3 is 21.7 Å². The second-order valence-corrected chi connectivity index (χ2v) is 6.46. The molecule has 0 bridgehead atoms. The minimum atomic E-state index is -0.133. The topological polar surface area (TPSA) is 105 Å². The first-order chi connectivity index (χ1) is 12.9. The summed E-state index contributed by atoms with van der Waals surface area (Å²) >= 11 is 12.2. The molecule has 3 aromatic rings. The van der Waals surface area contributed by atoms with E-state index in [2.05, 4.69) is 25.9 Å². The number of carbonyl (C=O) groups is 1. The number of benzene rings is 2. The maximum atomic E-state index is 11.1. The Morgan fingerprint density at radius 1 is 0.963 bits per heavy atom. The second kappa shape index (κ2) is 8.11. The third kappa shape index (κ3) is 4.78. The molecule has 0 saturated heterocycles. The van der Waals surface area contributed by atoms with E-state index in [-0.39, 0.29) is 5.91 Å². The van der Waals surface area contributed by atoms with Gasteiger partial charge in [-0.3, -0.25) is 4.79 Å². The van der Waals surface area contributed by atoms with Gasteiger partial charge in [-0.05, 0) is 42.5 Å². The number of anilines is 6. The molecule has 27 heavy (non-hydrogen) atoms. The Balaban J connectivity index is 1.80. The highest BCUT2D eigenvalue weighted by Gasteiger charge is 2.11. The number of hydrogen-bond donors (Lipinski definition) is 4. The van der Waals surface area contributed by atoms with Crippen LogP contribution in [0, 0.1) is 0 Å². The van der Waals surface area contributed by atoms with Gasteiger partial charge in [0.1, 0.15) is 12.0 Å². The summed E-state index contributed by atoms with van der Waals surface area (Å²) in [7, 11) is 0. The quantitative estimate of drug-likeness (QED) is 0.487. The zero-order chi connectivity index (χ0) is 19.4. The Kier molecular flexibility index (Phi) is 5.63. The van der Waals surface area contributed by atoms with E-state index in [9.17, 15) is 4.79 Å². The summed E-state index contributed by atoms with van der Waals surface area (Å²) in [6, 6.07) is 12.2. The van der Waals surface area contributed by atoms with Crippen LogP contribution in [0.2, 0.25) is 10.0 Å². The molecule has 0 unspecified atom stereocenters. The lowest BCUT2D eigenvalue weighted by Crippen LogP contribution is -2.06. The van der Waals surface area contributed by atoms with E-state index in [0.717, 1.165) is 5.69 Å². The third-order valence-corrected chi connectivity index (χ3v) is 4.10. The molecule has 5 N–H and O–H groups in total. The summed E-state index contributed by atoms with van der Waals surface area (Å²) < 4.78 is 0. The average Bonchev–Trinajstić information content (AvgIpc) is 2.62. The van der Waals surface area contributed by atoms with Crippen LogP contribution >= 0.6 is 23.2 Å². The predicted octanol–water partition coefficient (Wildman–Crippen LogP) is 4.81. The Hall–Kier alpha value is -3.03. The van der Waals surface area contributed by atoms with Crippen LogP contribution in [0.1, 0.15) is 6.92 Å². The van der Waals surface area contributed by atoms with Crippen molar-refractivity contribution in [3.05, 3.63) is 58.8 Å². The van der Waals surface area contributed by atoms with Gasteiger partial charge in [0, 0.05) is 23.3 Å². The van der Waals surface area contributed by atoms with E-state index in [1.807, 2.05) is 0 Å². The first-order valence-electron chi connectivity index (χ1n) is 7.89. The van der Waals surface area contributed by atoms with E-state index >= 15 is 0 Å². The number of rotatable bonds is 5. The number of nitrogens with zero attached hydrogens (tertiary/aromatic N) is 2. The maximum absolute atomic E-state index is 11.1. The zero-order valence-corrected chi connectivity index (χ0v) is 15.8. The monoisotopic (exact) mass is 402 g/mol. The number of hydrogen-bond acceptors (Lipinski definition) is 6. The molecule has 0 aliphatic rings. The van der Waals surface area contributed by atoms with Crippen LogP contribution in [0.15, 0.2) is 48.8 Å². The molecule has 0 spiro atoms. The fraction of sp³-hybridized carbons (Fsp3) is 0.0556. The molecule has 1 amide bonds. The van der Waals surface area contributed by atoms with E-state index < -0.39 is 0 Å². The van der Waals surface area contributed by atoms with Crippen LogP contribution < -0.4 is 21.7 Å². The van der Waals surface area contributed by atoms with Gasteiger partial charge in [0.25, 0.3) is 0 Å². The highest BCUT2D eigenvalue weighted by Crippen LogP contribution is 2.32. The Bertz CT molecular complexity index is 978. The van der Waals surface area contributed by atoms with Gasteiger partial charge in [0.15, 0.2) is 11.6 Å². The molecule has 1 heterocycles. The Morgan fingerprint density at radius 3 is 2.26 bits per heavy atom. The van der Waals surface area contributed by atoms with Crippen molar-refractivity contribution in [2.75, 3.05) is 21.7 Å². The molecular formula is C18H16Cl2N6O. The van der Waals surface area contributed by atoms with Crippen molar-refractivity contribution in [1.82, 2.24) is 9.97 Å². The van der Waals surface area contributed by atoms with Crippen molar-refractivity contribution in [3.8, 4) is 0 Å². The van der Waals surface area contributed by atoms with E-state index in [1.54, 1.807) is 42.5 Å². The molecule has 0 aliphatic carbocycles. The van der Waals surface area contributed by atoms with Crippen LogP contribution in [-0.4, -0.2) is 15.9 Å². The summed E-state index contributed by atoms with van der Waals surface area (Å²) in [4.78, 5) is 19.4. The first-order valence-corrected chi connectivity index (χ1v) is 8.65. The van der Waals surface area contributed by atoms with Gasteiger partial charge in [0.2, 0.25) is 5.91 Å². The summed E-state index contributed by atoms with van der Waals surface area (Å²) in [5, 5.41) is 9.90. The van der Waals surface area contributed by atoms with Crippen molar-refractivity contribution in [2.24, 2.45) is 0 Å². The predicted molar refractivity (Wildman–Crippen MR) is 110 cm³/mol. The number of nitrogen functional groups attached to an aromatic ring is 1. The van der Waals surface area contributed by atoms with Gasteiger partial charge in [0.05, 0.1) is 10.7 Å². The first kappa shape index (κ1) is 18.8. The van der Waals surface area contributed by atoms with Gasteiger partial charge in [-0.1, -0.05) is 23.2 Å². The van der Waals surface area contributed by atoms with Crippen molar-refractivity contribution < 1.29 is 4.79 Å². The molecule has 0 fully saturated rings. The van der Waals surface area contributed by atoms with E-state index in [1.165, 1.54) is 13.3 Å². The molecule has 9 heteroatoms. The Morgan fingerprint density at radius 2 is 1.59 bits per heavy atom. The average molecular weight is 403 g/mol. The number of nitrogens with one attached hydrogen (secondary N) is 3. The van der Waals surface area contributed by atoms with Crippen LogP contribution in [-0.2, 0) is 4.79 Å². The number of halogens is 2. The molecule has 0 aliphatic heterocycles. The van der Waals surface area contributed by atoms with E-state index in [0.29, 0.717) is 38.7 Å². The molecule has 3 rings (SSSR count). The van der Waals surface area contributed by atoms with Crippen LogP contribution in [0.5, 0.6) is 0 Å². The van der Waals surface area contributed by atoms with Crippen LogP contribution in [0.3, 0.4) is 0 Å². The summed E-state index contributed by atoms with van der Waals surface area (Å²) in [5.74, 6) is 0.690. The van der Waals surface area contributed by atoms with E-state index in [4.69, 9.17) is 28.9 Å². The van der Waals surface area contributed by atoms with Gasteiger partial charge in [-0.15, -0.1) is 0 Å². The smallest absolute Gasteiger partial charge is 0.221 e. The third-order valence-electron chi connectivity index (χ3n) is 3.53. The van der Waals surface area contributed by atoms with Crippen molar-refractivity contribution >= 4 is 63.5 Å². The molecule has 0 saturated carbocycles. The minimum Gasteiger partial charge on any atom is -0.393 e. The maximum Gasteiger partial charge on any atom is 0.221 e. The standard InChI is InChI=1S/C18H16Cl2N6O/c1-10(27)24-12-3-5-13(6-4-12)25-17-16(21)18(23-9-22-17)26-15-8-11(19)2-7-14(15)20/h2-9H,21H2,1H3,(H,24,27)(H2,22,23,25,26). The highest BCUT2D eigenvalue weighted by molar-refractivity contribution is 6.35. The molecule has 0 atom stereocenters. The number of nitrogens with two attached hydrogens (primary N) is 1. The molecule has 1 aromatic heterocycles. The lowest BCUT2D eigenvalue weighted by atomic mass is 10.2. The summed E-state index contributed by atoms with van der Waals surface area (Å²) in [5.41, 5.74) is 8.53. The Labute approximate surface area is 165 Å². The second-order valence-electron chi connectivity index (χ2n) is 5.62. The molecule has 7 nitrogen and oxygen atoms in total. The summed E-state index contributed by atoms with van der Waals surface area (Å²) in [6.45, 7) is 1.45. The fourth-order valence-electron chi connectivity index (χ4n) is 2.29. The minimum absolute atomic E-state index is 0.133. The normalized spacial score (nSPS) is 10.3. The van der Waals surface area contributed by atoms with Gasteiger partial charge in [-0.2, -0.15) is 0 Å². The molecule has 0 radical (unpaired) electrons. The lowest BCUT2D eigenvalue weighted by molar-refractivity contribution is -0.114. The zero-order valence-electron chi connectivity index (χ0n) is 14.3. The SMILES string of the molecule is CC(=O)Nc1ccc(Nc2ncnc(Nc3cc(Cl)ccc3Cl)c2N)cc1. The lowest BCUT2D eigenvalue weighted by Gasteiger charge is -2.14. The number of carbonyl (C=O) groups excluding carboxylic acids is 1. The fourth-order valence-corrected chi connectivity index (χ4v) is 2.63. The van der Waals surface area contributed by atoms with Gasteiger partial charge >= 0.3 is 0 Å². The highest BCUT2D eigenvalue weighted by atomic mass is 35.5. The van der Waals surface area contributed by atoms with Crippen molar-refractivity contribution in [1.29, 1.82) is 0 Å². The van der Waals surface area contributed by atoms with Crippen LogP contribution in [0.4, 0.5) is 34.4 Å². The molecular weight excluding hydrogens is 387 g/mol. The number of aromatic nitrogens is 2. The molecule has 2 aromatic carbocycles. The van der Waals surface area contributed by atoms with Gasteiger partial charge in [-0.25, -0.2) is 9.97 Å². The summed E-state index contributed by atoms with van der Waals surface area (Å²) in [6.07, 6.45) is 1.38. The van der Waals surface area contributed by atoms with Crippen LogP contribution in [0.25, 0.3) is 0 Å². The van der Waals surface area contributed by atoms with Crippen molar-refractivity contribution in [3.63, 3.8) is 0 Å². The molecule has 138 valence electrons. The largest absolute Gasteiger partial charge is 0.393 e. The number of amides is 1. The van der Waals surface area contributed by atoms with Crippen molar-refractivity contribution in [2.45, 2.75) is 6.92 Å².